The zero-order valence-electron chi connectivity index (χ0n) is 9.00. The first-order valence-corrected chi connectivity index (χ1v) is 4.76. The molecule has 15 heavy (non-hydrogen) atoms. The zero-order chi connectivity index (χ0) is 11.1. The summed E-state index contributed by atoms with van der Waals surface area (Å²) in [6, 6.07) is 5.44. The molecule has 0 spiro atoms. The standard InChI is InChI=1S/C12H12NO2/c1-12(2)7-13-9-6-4-5-8(10(9)12)11(14)15-3/h4-6H,1-3H3. The molecular weight excluding hydrogens is 190 g/mol. The maximum Gasteiger partial charge on any atom is 0.338 e. The van der Waals surface area contributed by atoms with Gasteiger partial charge in [0.05, 0.1) is 24.6 Å². The predicted molar refractivity (Wildman–Crippen MR) is 57.9 cm³/mol. The van der Waals surface area contributed by atoms with E-state index in [9.17, 15) is 4.79 Å². The van der Waals surface area contributed by atoms with E-state index in [1.807, 2.05) is 19.9 Å². The van der Waals surface area contributed by atoms with Gasteiger partial charge in [-0.3, -0.25) is 4.99 Å². The van der Waals surface area contributed by atoms with Crippen molar-refractivity contribution in [2.45, 2.75) is 19.3 Å². The SMILES string of the molecule is COC(=O)c1cccc2c1C(C)(C)[C]=N2. The minimum Gasteiger partial charge on any atom is -0.465 e. The van der Waals surface area contributed by atoms with Gasteiger partial charge in [-0.25, -0.2) is 4.79 Å². The van der Waals surface area contributed by atoms with Crippen LogP contribution in [0.1, 0.15) is 29.8 Å². The van der Waals surface area contributed by atoms with Crippen molar-refractivity contribution in [2.75, 3.05) is 7.11 Å². The minimum absolute atomic E-state index is 0.319. The number of hydrogen-bond acceptors (Lipinski definition) is 3. The molecule has 1 radical (unpaired) electrons. The number of rotatable bonds is 1. The minimum atomic E-state index is -0.321. The second kappa shape index (κ2) is 3.19. The van der Waals surface area contributed by atoms with Gasteiger partial charge in [0.1, 0.15) is 0 Å². The maximum absolute atomic E-state index is 11.6. The summed E-state index contributed by atoms with van der Waals surface area (Å²) in [5, 5.41) is 0. The Balaban J connectivity index is 2.62. The Labute approximate surface area is 88.8 Å². The summed E-state index contributed by atoms with van der Waals surface area (Å²) < 4.78 is 4.75. The van der Waals surface area contributed by atoms with Gasteiger partial charge in [0, 0.05) is 11.0 Å². The van der Waals surface area contributed by atoms with Gasteiger partial charge in [-0.05, 0) is 26.0 Å². The van der Waals surface area contributed by atoms with Crippen molar-refractivity contribution >= 4 is 17.9 Å². The van der Waals surface area contributed by atoms with Crippen molar-refractivity contribution in [3.63, 3.8) is 0 Å². The van der Waals surface area contributed by atoms with Gasteiger partial charge in [0.15, 0.2) is 0 Å². The van der Waals surface area contributed by atoms with E-state index >= 15 is 0 Å². The first-order chi connectivity index (χ1) is 7.06. The van der Waals surface area contributed by atoms with Crippen LogP contribution in [0.2, 0.25) is 0 Å². The number of fused-ring (bicyclic) bond motifs is 1. The summed E-state index contributed by atoms with van der Waals surface area (Å²) in [4.78, 5) is 15.7. The van der Waals surface area contributed by atoms with Gasteiger partial charge in [-0.1, -0.05) is 6.07 Å². The highest BCUT2D eigenvalue weighted by Gasteiger charge is 2.32. The molecule has 1 aliphatic rings. The third kappa shape index (κ3) is 1.44. The topological polar surface area (TPSA) is 38.7 Å². The van der Waals surface area contributed by atoms with E-state index in [2.05, 4.69) is 11.2 Å². The molecule has 1 aromatic carbocycles. The molecule has 2 rings (SSSR count). The summed E-state index contributed by atoms with van der Waals surface area (Å²) in [5.41, 5.74) is 1.97. The van der Waals surface area contributed by atoms with Crippen LogP contribution in [0.25, 0.3) is 0 Å². The van der Waals surface area contributed by atoms with Crippen LogP contribution in [-0.4, -0.2) is 19.3 Å². The highest BCUT2D eigenvalue weighted by atomic mass is 16.5. The predicted octanol–water partition coefficient (Wildman–Crippen LogP) is 2.34. The Kier molecular flexibility index (Phi) is 2.11. The zero-order valence-corrected chi connectivity index (χ0v) is 9.00. The van der Waals surface area contributed by atoms with Crippen LogP contribution in [0.5, 0.6) is 0 Å². The third-order valence-corrected chi connectivity index (χ3v) is 2.53. The molecule has 1 aromatic rings. The van der Waals surface area contributed by atoms with E-state index in [1.165, 1.54) is 7.11 Å². The van der Waals surface area contributed by atoms with Gasteiger partial charge < -0.3 is 4.74 Å². The van der Waals surface area contributed by atoms with Crippen LogP contribution in [0, 0.1) is 0 Å². The lowest BCUT2D eigenvalue weighted by Gasteiger charge is -2.17. The Bertz CT molecular complexity index is 447. The van der Waals surface area contributed by atoms with Crippen LogP contribution in [0.3, 0.4) is 0 Å². The molecule has 0 aromatic heterocycles. The largest absolute Gasteiger partial charge is 0.465 e. The van der Waals surface area contributed by atoms with Crippen molar-refractivity contribution < 1.29 is 9.53 Å². The first kappa shape index (κ1) is 9.90. The lowest BCUT2D eigenvalue weighted by molar-refractivity contribution is 0.0598. The Morgan fingerprint density at radius 2 is 2.20 bits per heavy atom. The summed E-state index contributed by atoms with van der Waals surface area (Å²) >= 11 is 0. The van der Waals surface area contributed by atoms with E-state index in [-0.39, 0.29) is 11.4 Å². The van der Waals surface area contributed by atoms with Gasteiger partial charge in [0.2, 0.25) is 0 Å². The van der Waals surface area contributed by atoms with E-state index < -0.39 is 0 Å². The summed E-state index contributed by atoms with van der Waals surface area (Å²) in [6.45, 7) is 3.96. The monoisotopic (exact) mass is 202 g/mol. The molecule has 3 heteroatoms. The number of hydrogen-bond donors (Lipinski definition) is 0. The fourth-order valence-corrected chi connectivity index (χ4v) is 1.83. The van der Waals surface area contributed by atoms with Crippen LogP contribution >= 0.6 is 0 Å². The highest BCUT2D eigenvalue weighted by molar-refractivity contribution is 5.98. The average molecular weight is 202 g/mol. The third-order valence-electron chi connectivity index (χ3n) is 2.53. The van der Waals surface area contributed by atoms with E-state index in [4.69, 9.17) is 4.74 Å². The van der Waals surface area contributed by atoms with Crippen molar-refractivity contribution in [1.82, 2.24) is 0 Å². The van der Waals surface area contributed by atoms with Crippen molar-refractivity contribution in [2.24, 2.45) is 4.99 Å². The second-order valence-corrected chi connectivity index (χ2v) is 4.04. The van der Waals surface area contributed by atoms with E-state index in [0.717, 1.165) is 11.3 Å². The second-order valence-electron chi connectivity index (χ2n) is 4.04. The number of benzene rings is 1. The Morgan fingerprint density at radius 1 is 1.47 bits per heavy atom. The summed E-state index contributed by atoms with van der Waals surface area (Å²) in [5.74, 6) is -0.321. The van der Waals surface area contributed by atoms with Crippen LogP contribution < -0.4 is 0 Å². The molecule has 3 nitrogen and oxygen atoms in total. The van der Waals surface area contributed by atoms with Crippen LogP contribution in [-0.2, 0) is 10.2 Å². The van der Waals surface area contributed by atoms with Crippen LogP contribution in [0.15, 0.2) is 23.2 Å². The van der Waals surface area contributed by atoms with Crippen molar-refractivity contribution in [3.8, 4) is 0 Å². The van der Waals surface area contributed by atoms with Crippen molar-refractivity contribution in [1.29, 1.82) is 0 Å². The molecule has 0 atom stereocenters. The smallest absolute Gasteiger partial charge is 0.338 e. The number of carbonyl (C=O) groups is 1. The number of carbonyl (C=O) groups excluding carboxylic acids is 1. The van der Waals surface area contributed by atoms with E-state index in [1.54, 1.807) is 12.1 Å². The van der Waals surface area contributed by atoms with Crippen molar-refractivity contribution in [3.05, 3.63) is 29.3 Å². The number of esters is 1. The molecule has 1 aliphatic heterocycles. The molecule has 0 saturated heterocycles. The quantitative estimate of drug-likeness (QED) is 0.655. The Hall–Kier alpha value is -1.64. The summed E-state index contributed by atoms with van der Waals surface area (Å²) in [7, 11) is 1.38. The molecule has 0 fully saturated rings. The molecule has 0 bridgehead atoms. The number of nitrogens with zero attached hydrogens (tertiary/aromatic N) is 1. The Morgan fingerprint density at radius 3 is 2.87 bits per heavy atom. The molecule has 0 aliphatic carbocycles. The number of ether oxygens (including phenoxy) is 1. The fourth-order valence-electron chi connectivity index (χ4n) is 1.83. The highest BCUT2D eigenvalue weighted by Crippen LogP contribution is 2.38. The van der Waals surface area contributed by atoms with Crippen LogP contribution in [0.4, 0.5) is 5.69 Å². The van der Waals surface area contributed by atoms with Gasteiger partial charge in [0.25, 0.3) is 0 Å². The van der Waals surface area contributed by atoms with Gasteiger partial charge >= 0.3 is 5.97 Å². The molecule has 0 unspecified atom stereocenters. The van der Waals surface area contributed by atoms with E-state index in [0.29, 0.717) is 5.56 Å². The lowest BCUT2D eigenvalue weighted by atomic mass is 9.84. The molecule has 0 saturated carbocycles. The number of methoxy groups -OCH3 is 1. The fraction of sp³-hybridized carbons (Fsp3) is 0.333. The van der Waals surface area contributed by atoms with Gasteiger partial charge in [-0.15, -0.1) is 0 Å². The molecule has 77 valence electrons. The summed E-state index contributed by atoms with van der Waals surface area (Å²) in [6.07, 6.45) is 3.00. The van der Waals surface area contributed by atoms with Gasteiger partial charge in [-0.2, -0.15) is 0 Å². The molecule has 1 heterocycles. The maximum atomic E-state index is 11.6. The molecule has 0 N–H and O–H groups in total. The average Bonchev–Trinajstić information content (AvgIpc) is 2.54. The lowest BCUT2D eigenvalue weighted by Crippen LogP contribution is -2.19. The normalized spacial score (nSPS) is 16.2. The molecular formula is C12H12NO2. The number of aliphatic imine (C=N–C) groups is 1. The first-order valence-electron chi connectivity index (χ1n) is 4.76. The molecule has 0 amide bonds.